The van der Waals surface area contributed by atoms with Gasteiger partial charge in [0.05, 0.1) is 11.9 Å². The molecule has 0 aliphatic carbocycles. The predicted molar refractivity (Wildman–Crippen MR) is 94.9 cm³/mol. The van der Waals surface area contributed by atoms with Crippen molar-refractivity contribution in [1.29, 1.82) is 0 Å². The van der Waals surface area contributed by atoms with Gasteiger partial charge >= 0.3 is 0 Å². The molecule has 1 N–H and O–H groups in total. The zero-order valence-electron chi connectivity index (χ0n) is 14.6. The summed E-state index contributed by atoms with van der Waals surface area (Å²) in [5, 5.41) is 2.62. The molecule has 2 amide bonds. The van der Waals surface area contributed by atoms with Crippen molar-refractivity contribution in [3.8, 4) is 0 Å². The molecule has 0 saturated carbocycles. The molecular formula is C19H23FN4O2. The zero-order chi connectivity index (χ0) is 18.4. The summed E-state index contributed by atoms with van der Waals surface area (Å²) < 4.78 is 15.6. The number of aromatic nitrogens is 2. The van der Waals surface area contributed by atoms with E-state index in [-0.39, 0.29) is 24.4 Å². The van der Waals surface area contributed by atoms with Gasteiger partial charge in [-0.1, -0.05) is 12.1 Å². The van der Waals surface area contributed by atoms with Crippen LogP contribution in [0.3, 0.4) is 0 Å². The van der Waals surface area contributed by atoms with Crippen molar-refractivity contribution < 1.29 is 14.0 Å². The van der Waals surface area contributed by atoms with Gasteiger partial charge in [-0.25, -0.2) is 9.37 Å². The van der Waals surface area contributed by atoms with Crippen LogP contribution in [0, 0.1) is 11.7 Å². The van der Waals surface area contributed by atoms with E-state index in [1.807, 2.05) is 15.7 Å². The van der Waals surface area contributed by atoms with Gasteiger partial charge in [0, 0.05) is 45.0 Å². The Morgan fingerprint density at radius 1 is 1.31 bits per heavy atom. The Morgan fingerprint density at radius 3 is 2.92 bits per heavy atom. The fourth-order valence-corrected chi connectivity index (χ4v) is 3.32. The number of likely N-dealkylation sites (tertiary alicyclic amines) is 1. The molecule has 2 heterocycles. The maximum atomic E-state index is 13.6. The van der Waals surface area contributed by atoms with E-state index in [2.05, 4.69) is 10.3 Å². The van der Waals surface area contributed by atoms with Crippen LogP contribution in [0.25, 0.3) is 0 Å². The summed E-state index contributed by atoms with van der Waals surface area (Å²) in [6, 6.07) is 5.82. The van der Waals surface area contributed by atoms with E-state index >= 15 is 0 Å². The largest absolute Gasteiger partial charge is 0.351 e. The lowest BCUT2D eigenvalue weighted by molar-refractivity contribution is -0.132. The number of carbonyl (C=O) groups excluding carboxylic acids is 2. The van der Waals surface area contributed by atoms with Crippen LogP contribution in [-0.4, -0.2) is 45.9 Å². The summed E-state index contributed by atoms with van der Waals surface area (Å²) in [5.41, 5.74) is -0.00156. The number of hydrogen-bond acceptors (Lipinski definition) is 3. The normalized spacial score (nSPS) is 17.1. The average Bonchev–Trinajstić information content (AvgIpc) is 3.15. The number of nitrogens with zero attached hydrogens (tertiary/aromatic N) is 3. The lowest BCUT2D eigenvalue weighted by Gasteiger charge is -2.33. The first kappa shape index (κ1) is 18.1. The Balaban J connectivity index is 1.44. The topological polar surface area (TPSA) is 67.2 Å². The summed E-state index contributed by atoms with van der Waals surface area (Å²) >= 11 is 0. The van der Waals surface area contributed by atoms with E-state index in [1.54, 1.807) is 18.6 Å². The second-order valence-electron chi connectivity index (χ2n) is 6.59. The Labute approximate surface area is 152 Å². The number of imidazole rings is 1. The van der Waals surface area contributed by atoms with Gasteiger partial charge in [-0.3, -0.25) is 9.59 Å². The van der Waals surface area contributed by atoms with Gasteiger partial charge in [0.2, 0.25) is 5.91 Å². The molecule has 6 nitrogen and oxygen atoms in total. The van der Waals surface area contributed by atoms with Crippen molar-refractivity contribution in [2.45, 2.75) is 25.8 Å². The number of hydrogen-bond donors (Lipinski definition) is 1. The van der Waals surface area contributed by atoms with Gasteiger partial charge in [0.1, 0.15) is 5.82 Å². The molecule has 1 saturated heterocycles. The van der Waals surface area contributed by atoms with Crippen LogP contribution in [0.2, 0.25) is 0 Å². The maximum Gasteiger partial charge on any atom is 0.254 e. The Hall–Kier alpha value is -2.70. The highest BCUT2D eigenvalue weighted by molar-refractivity contribution is 5.94. The molecule has 138 valence electrons. The summed E-state index contributed by atoms with van der Waals surface area (Å²) in [6.07, 6.45) is 7.76. The summed E-state index contributed by atoms with van der Waals surface area (Å²) in [4.78, 5) is 30.3. The van der Waals surface area contributed by atoms with E-state index < -0.39 is 11.7 Å². The molecule has 3 rings (SSSR count). The van der Waals surface area contributed by atoms with Gasteiger partial charge in [0.25, 0.3) is 5.91 Å². The van der Waals surface area contributed by atoms with Crippen LogP contribution in [0.4, 0.5) is 4.39 Å². The van der Waals surface area contributed by atoms with Crippen LogP contribution >= 0.6 is 0 Å². The number of carbonyl (C=O) groups is 2. The lowest BCUT2D eigenvalue weighted by atomic mass is 9.97. The van der Waals surface area contributed by atoms with E-state index in [0.717, 1.165) is 32.5 Å². The van der Waals surface area contributed by atoms with Crippen LogP contribution in [0.1, 0.15) is 29.6 Å². The third-order valence-corrected chi connectivity index (χ3v) is 4.64. The van der Waals surface area contributed by atoms with Gasteiger partial charge in [-0.05, 0) is 30.9 Å². The summed E-state index contributed by atoms with van der Waals surface area (Å²) in [5.74, 6) is -0.619. The average molecular weight is 358 g/mol. The van der Waals surface area contributed by atoms with Crippen molar-refractivity contribution in [3.63, 3.8) is 0 Å². The van der Waals surface area contributed by atoms with Crippen LogP contribution in [0.5, 0.6) is 0 Å². The molecular weight excluding hydrogens is 335 g/mol. The third kappa shape index (κ3) is 4.68. The standard InChI is InChI=1S/C19H23FN4O2/c20-17-6-2-1-5-16(17)19(26)22-8-7-18(25)24-10-3-4-15(13-24)12-23-11-9-21-14-23/h1-2,5-6,9,11,14-15H,3-4,7-8,10,12-13H2,(H,22,26)/t15-/m0/s1. The van der Waals surface area contributed by atoms with Crippen molar-refractivity contribution in [3.05, 3.63) is 54.4 Å². The molecule has 1 aliphatic rings. The summed E-state index contributed by atoms with van der Waals surface area (Å²) in [6.45, 7) is 2.53. The molecule has 1 aromatic carbocycles. The van der Waals surface area contributed by atoms with Crippen LogP contribution < -0.4 is 5.32 Å². The van der Waals surface area contributed by atoms with Gasteiger partial charge < -0.3 is 14.8 Å². The Kier molecular flexibility index (Phi) is 5.99. The minimum absolute atomic E-state index is 0.00156. The van der Waals surface area contributed by atoms with Gasteiger partial charge in [-0.2, -0.15) is 0 Å². The molecule has 0 bridgehead atoms. The number of halogens is 1. The predicted octanol–water partition coefficient (Wildman–Crippen LogP) is 2.08. The molecule has 2 aromatic rings. The minimum atomic E-state index is -0.560. The lowest BCUT2D eigenvalue weighted by Crippen LogP contribution is -2.42. The highest BCUT2D eigenvalue weighted by Gasteiger charge is 2.23. The molecule has 0 spiro atoms. The van der Waals surface area contributed by atoms with Crippen LogP contribution in [0.15, 0.2) is 43.0 Å². The van der Waals surface area contributed by atoms with Crippen molar-refractivity contribution in [1.82, 2.24) is 19.8 Å². The SMILES string of the molecule is O=C(NCCC(=O)N1CCC[C@@H](Cn2ccnc2)C1)c1ccccc1F. The molecule has 1 aliphatic heterocycles. The molecule has 1 atom stereocenters. The fraction of sp³-hybridized carbons (Fsp3) is 0.421. The molecule has 7 heteroatoms. The van der Waals surface area contributed by atoms with E-state index in [0.29, 0.717) is 5.92 Å². The van der Waals surface area contributed by atoms with Gasteiger partial charge in [0.15, 0.2) is 0 Å². The second-order valence-corrected chi connectivity index (χ2v) is 6.59. The Morgan fingerprint density at radius 2 is 2.15 bits per heavy atom. The number of rotatable bonds is 6. The quantitative estimate of drug-likeness (QED) is 0.860. The van der Waals surface area contributed by atoms with Crippen molar-refractivity contribution in [2.24, 2.45) is 5.92 Å². The van der Waals surface area contributed by atoms with Crippen molar-refractivity contribution >= 4 is 11.8 Å². The molecule has 26 heavy (non-hydrogen) atoms. The smallest absolute Gasteiger partial charge is 0.254 e. The second kappa shape index (κ2) is 8.60. The van der Waals surface area contributed by atoms with E-state index in [9.17, 15) is 14.0 Å². The number of nitrogens with one attached hydrogen (secondary N) is 1. The maximum absolute atomic E-state index is 13.6. The van der Waals surface area contributed by atoms with E-state index in [4.69, 9.17) is 0 Å². The summed E-state index contributed by atoms with van der Waals surface area (Å²) in [7, 11) is 0. The molecule has 1 aromatic heterocycles. The molecule has 0 radical (unpaired) electrons. The third-order valence-electron chi connectivity index (χ3n) is 4.64. The molecule has 0 unspecified atom stereocenters. The van der Waals surface area contributed by atoms with Gasteiger partial charge in [-0.15, -0.1) is 0 Å². The number of amides is 2. The monoisotopic (exact) mass is 358 g/mol. The minimum Gasteiger partial charge on any atom is -0.351 e. The number of piperidine rings is 1. The van der Waals surface area contributed by atoms with E-state index in [1.165, 1.54) is 18.2 Å². The Bertz CT molecular complexity index is 748. The fourth-order valence-electron chi connectivity index (χ4n) is 3.32. The van der Waals surface area contributed by atoms with Crippen molar-refractivity contribution in [2.75, 3.05) is 19.6 Å². The molecule has 1 fully saturated rings. The van der Waals surface area contributed by atoms with Crippen LogP contribution in [-0.2, 0) is 11.3 Å². The highest BCUT2D eigenvalue weighted by Crippen LogP contribution is 2.19. The zero-order valence-corrected chi connectivity index (χ0v) is 14.6. The number of benzene rings is 1. The first-order chi connectivity index (χ1) is 12.6. The highest BCUT2D eigenvalue weighted by atomic mass is 19.1. The first-order valence-electron chi connectivity index (χ1n) is 8.89. The first-order valence-corrected chi connectivity index (χ1v) is 8.89.